The smallest absolute Gasteiger partial charge is 1.00 e. The molecule has 0 heterocycles. The van der Waals surface area contributed by atoms with Gasteiger partial charge in [-0.05, 0) is 0 Å². The van der Waals surface area contributed by atoms with Crippen LogP contribution in [-0.2, 0) is 10.4 Å². The van der Waals surface area contributed by atoms with E-state index in [0.29, 0.717) is 0 Å². The normalized spacial score (nSPS) is 8.29. The molecule has 0 bridgehead atoms. The van der Waals surface area contributed by atoms with Gasteiger partial charge in [0.15, 0.2) is 17.4 Å². The van der Waals surface area contributed by atoms with Crippen molar-refractivity contribution in [1.82, 2.24) is 0 Å². The molecule has 2 N–H and O–H groups in total. The molecule has 0 aliphatic heterocycles. The van der Waals surface area contributed by atoms with Crippen molar-refractivity contribution < 1.29 is 20.4 Å². The average molecular weight is 154 g/mol. The van der Waals surface area contributed by atoms with Crippen LogP contribution < -0.4 is 0 Å². The van der Waals surface area contributed by atoms with Gasteiger partial charge in [0.05, 0.1) is 0 Å². The van der Waals surface area contributed by atoms with E-state index in [1.807, 2.05) is 0 Å². The minimum Gasteiger partial charge on any atom is -1.00 e. The first-order chi connectivity index (χ1) is 2.00. The summed E-state index contributed by atoms with van der Waals surface area (Å²) in [4.78, 5) is 0. The fourth-order valence-corrected chi connectivity index (χ4v) is 0. The van der Waals surface area contributed by atoms with Gasteiger partial charge in [0.2, 0.25) is 0 Å². The van der Waals surface area contributed by atoms with Crippen LogP contribution >= 0.6 is 0 Å². The van der Waals surface area contributed by atoms with E-state index in [1.165, 1.54) is 0 Å². The average Bonchev–Trinajstić information content (AvgIpc) is 0.722. The van der Waals surface area contributed by atoms with E-state index in [9.17, 15) is 0 Å². The van der Waals surface area contributed by atoms with Crippen molar-refractivity contribution in [3.05, 3.63) is 0 Å². The number of hydrogen-bond acceptors (Lipinski definition) is 2. The van der Waals surface area contributed by atoms with Crippen molar-refractivity contribution in [3.63, 3.8) is 0 Å². The Hall–Kier alpha value is 1.17. The molecule has 4 nitrogen and oxygen atoms in total. The van der Waals surface area contributed by atoms with Gasteiger partial charge in [-0.15, -0.1) is 0 Å². The standard InChI is InChI=1S/Al.Mg.H2O4S.5H/c;;1-5(2,3)4;;;;;/h;;(H2,1,2,3,4);;;;;/q;+2;;;;;2*-1. The first kappa shape index (κ1) is 15.7. The van der Waals surface area contributed by atoms with E-state index in [1.54, 1.807) is 0 Å². The van der Waals surface area contributed by atoms with Gasteiger partial charge in [0, 0.05) is 0 Å². The maximum Gasteiger partial charge on any atom is 2.00 e. The molecule has 42 valence electrons. The minimum absolute atomic E-state index is 0. The maximum absolute atomic E-state index is 8.74. The van der Waals surface area contributed by atoms with E-state index in [0.717, 1.165) is 0 Å². The van der Waals surface area contributed by atoms with Gasteiger partial charge in [-0.3, -0.25) is 9.11 Å². The summed E-state index contributed by atoms with van der Waals surface area (Å²) in [7, 11) is -4.67. The molecule has 0 radical (unpaired) electrons. The molecule has 0 aliphatic carbocycles. The summed E-state index contributed by atoms with van der Waals surface area (Å²) in [5.41, 5.74) is 0. The summed E-state index contributed by atoms with van der Waals surface area (Å²) < 4.78 is 31.6. The third kappa shape index (κ3) is 140. The minimum atomic E-state index is -4.67. The number of hydrogen-bond donors (Lipinski definition) is 2. The Labute approximate surface area is 71.1 Å². The molecule has 0 saturated carbocycles. The van der Waals surface area contributed by atoms with Crippen molar-refractivity contribution in [2.75, 3.05) is 0 Å². The van der Waals surface area contributed by atoms with Crippen molar-refractivity contribution in [2.24, 2.45) is 0 Å². The molecule has 7 heteroatoms. The largest absolute Gasteiger partial charge is 2.00 e. The van der Waals surface area contributed by atoms with Gasteiger partial charge in [-0.25, -0.2) is 0 Å². The monoisotopic (exact) mass is 154 g/mol. The van der Waals surface area contributed by atoms with Gasteiger partial charge < -0.3 is 2.85 Å². The third-order valence-electron chi connectivity index (χ3n) is 0. The molecule has 0 aliphatic rings. The predicted octanol–water partition coefficient (Wildman–Crippen LogP) is -1.99. The quantitative estimate of drug-likeness (QED) is 0.313. The van der Waals surface area contributed by atoms with Crippen LogP contribution in [0.5, 0.6) is 0 Å². The molecular formula is H7AlMgO4S. The fraction of sp³-hybridized carbons (Fsp3) is 0. The summed E-state index contributed by atoms with van der Waals surface area (Å²) in [6.45, 7) is 0. The topological polar surface area (TPSA) is 74.6 Å². The van der Waals surface area contributed by atoms with Crippen LogP contribution in [0.1, 0.15) is 2.85 Å². The van der Waals surface area contributed by atoms with Gasteiger partial charge in [0.1, 0.15) is 0 Å². The van der Waals surface area contributed by atoms with Crippen LogP contribution in [0.25, 0.3) is 0 Å². The molecule has 0 atom stereocenters. The molecule has 0 aromatic heterocycles. The molecule has 0 unspecified atom stereocenters. The summed E-state index contributed by atoms with van der Waals surface area (Å²) in [6.07, 6.45) is 0. The second-order valence-electron chi connectivity index (χ2n) is 0.448. The van der Waals surface area contributed by atoms with Crippen molar-refractivity contribution in [3.8, 4) is 0 Å². The molecule has 0 aromatic rings. The fourth-order valence-electron chi connectivity index (χ4n) is 0. The molecule has 0 fully saturated rings. The first-order valence-corrected chi connectivity index (χ1v) is 2.10. The van der Waals surface area contributed by atoms with Crippen molar-refractivity contribution in [2.45, 2.75) is 0 Å². The SMILES string of the molecule is O=S(=O)(O)O.[AlH3].[H-].[H-].[Mg+2]. The molecule has 0 saturated heterocycles. The number of rotatable bonds is 0. The van der Waals surface area contributed by atoms with Gasteiger partial charge in [-0.2, -0.15) is 8.42 Å². The molecule has 0 aromatic carbocycles. The summed E-state index contributed by atoms with van der Waals surface area (Å²) in [5, 5.41) is 0. The Kier molecular flexibility index (Phi) is 11.9. The second-order valence-corrected chi connectivity index (χ2v) is 1.34. The Morgan fingerprint density at radius 3 is 1.29 bits per heavy atom. The van der Waals surface area contributed by atoms with Crippen LogP contribution in [0, 0.1) is 0 Å². The van der Waals surface area contributed by atoms with Crippen molar-refractivity contribution >= 4 is 50.8 Å². The van der Waals surface area contributed by atoms with Gasteiger partial charge in [-0.1, -0.05) is 0 Å². The van der Waals surface area contributed by atoms with Gasteiger partial charge >= 0.3 is 33.5 Å². The zero-order valence-corrected chi connectivity index (χ0v) is 5.06. The van der Waals surface area contributed by atoms with E-state index in [4.69, 9.17) is 17.5 Å². The molecule has 0 rings (SSSR count). The Balaban J connectivity index is -0.0000000133. The Morgan fingerprint density at radius 2 is 1.29 bits per heavy atom. The van der Waals surface area contributed by atoms with E-state index < -0.39 is 10.4 Å². The van der Waals surface area contributed by atoms with E-state index >= 15 is 0 Å². The Morgan fingerprint density at radius 1 is 1.29 bits per heavy atom. The summed E-state index contributed by atoms with van der Waals surface area (Å²) >= 11 is 0. The molecule has 0 spiro atoms. The van der Waals surface area contributed by atoms with Gasteiger partial charge in [0.25, 0.3) is 0 Å². The zero-order chi connectivity index (χ0) is 4.50. The Bertz CT molecular complexity index is 102. The summed E-state index contributed by atoms with van der Waals surface area (Å²) in [6, 6.07) is 0. The first-order valence-electron chi connectivity index (χ1n) is 0.698. The third-order valence-corrected chi connectivity index (χ3v) is 0. The van der Waals surface area contributed by atoms with E-state index in [-0.39, 0.29) is 43.3 Å². The van der Waals surface area contributed by atoms with Crippen LogP contribution in [0.3, 0.4) is 0 Å². The van der Waals surface area contributed by atoms with Crippen LogP contribution in [-0.4, -0.2) is 57.9 Å². The molecule has 7 heavy (non-hydrogen) atoms. The van der Waals surface area contributed by atoms with Crippen molar-refractivity contribution in [1.29, 1.82) is 0 Å². The maximum atomic E-state index is 8.74. The van der Waals surface area contributed by atoms with Crippen LogP contribution in [0.2, 0.25) is 0 Å². The summed E-state index contributed by atoms with van der Waals surface area (Å²) in [5.74, 6) is 0. The zero-order valence-electron chi connectivity index (χ0n) is 4.83. The predicted molar refractivity (Wildman–Crippen MR) is 32.1 cm³/mol. The second kappa shape index (κ2) is 5.31. The van der Waals surface area contributed by atoms with Crippen LogP contribution in [0.4, 0.5) is 0 Å². The molecular weight excluding hydrogens is 147 g/mol. The van der Waals surface area contributed by atoms with Crippen LogP contribution in [0.15, 0.2) is 0 Å². The molecule has 0 amide bonds. The van der Waals surface area contributed by atoms with E-state index in [2.05, 4.69) is 0 Å².